The molecule has 6 heteroatoms. The molecule has 0 saturated carbocycles. The van der Waals surface area contributed by atoms with Crippen molar-refractivity contribution in [3.8, 4) is 0 Å². The fraction of sp³-hybridized carbons (Fsp3) is 0.500. The molecule has 0 spiro atoms. The van der Waals surface area contributed by atoms with Crippen LogP contribution in [0.3, 0.4) is 0 Å². The third-order valence-corrected chi connectivity index (χ3v) is 42.7. The molecule has 1 aliphatic carbocycles. The number of allylic oxidation sites excluding steroid dienone is 4. The van der Waals surface area contributed by atoms with E-state index < -0.39 is 29.3 Å². The van der Waals surface area contributed by atoms with Crippen LogP contribution >= 0.6 is 0 Å². The van der Waals surface area contributed by atoms with Gasteiger partial charge in [-0.05, 0) is 0 Å². The number of hydrogen-bond donors (Lipinski definition) is 3. The van der Waals surface area contributed by atoms with Crippen LogP contribution in [0.1, 0.15) is 6.42 Å². The van der Waals surface area contributed by atoms with Crippen LogP contribution in [-0.2, 0) is 17.1 Å². The number of nitrogens with one attached hydrogen (secondary N) is 3. The minimum atomic E-state index is -3.68. The topological polar surface area (TPSA) is 36.1 Å². The summed E-state index contributed by atoms with van der Waals surface area (Å²) >= 11 is -5.78. The van der Waals surface area contributed by atoms with E-state index >= 15 is 0 Å². The average Bonchev–Trinajstić information content (AvgIpc) is 2.78. The summed E-state index contributed by atoms with van der Waals surface area (Å²) in [6.45, 7) is 0. The van der Waals surface area contributed by atoms with Crippen molar-refractivity contribution in [3.05, 3.63) is 21.5 Å². The maximum absolute atomic E-state index is 13.6. The van der Waals surface area contributed by atoms with Crippen LogP contribution in [0, 0.1) is 0 Å². The quantitative estimate of drug-likeness (QED) is 0.612. The number of rotatable bonds is 5. The van der Waals surface area contributed by atoms with Crippen molar-refractivity contribution in [3.63, 3.8) is 0 Å². The molecule has 0 heterocycles. The van der Waals surface area contributed by atoms with Gasteiger partial charge in [-0.25, -0.2) is 0 Å². The van der Waals surface area contributed by atoms with Crippen LogP contribution in [0.15, 0.2) is 21.5 Å². The Morgan fingerprint density at radius 3 is 2.14 bits per heavy atom. The first-order chi connectivity index (χ1) is 6.67. The van der Waals surface area contributed by atoms with Gasteiger partial charge < -0.3 is 0 Å². The molecule has 1 rings (SSSR count). The molecule has 0 unspecified atom stereocenters. The van der Waals surface area contributed by atoms with Gasteiger partial charge in [0.2, 0.25) is 0 Å². The van der Waals surface area contributed by atoms with E-state index in [1.807, 2.05) is 27.2 Å². The number of hydrogen-bond acceptors (Lipinski definition) is 3. The normalized spacial score (nSPS) is 20.0. The average molecular weight is 340 g/mol. The summed E-state index contributed by atoms with van der Waals surface area (Å²) in [7, 11) is 5.63. The third kappa shape index (κ3) is 1.74. The summed E-state index contributed by atoms with van der Waals surface area (Å²) in [5, 5.41) is 0. The molecule has 0 amide bonds. The SMILES string of the molecule is C[NH][Zr]([NH]C)([NH]C)([GeH2][F])[C]1=CC=CC1. The molecule has 3 nitrogen and oxygen atoms in total. The second-order valence-corrected chi connectivity index (χ2v) is 37.6. The van der Waals surface area contributed by atoms with E-state index in [4.69, 9.17) is 0 Å². The van der Waals surface area contributed by atoms with Crippen LogP contribution in [0.25, 0.3) is 0 Å². The molecule has 14 heavy (non-hydrogen) atoms. The molecular weight excluding hydrogens is 321 g/mol. The van der Waals surface area contributed by atoms with Crippen molar-refractivity contribution >= 4 is 12.1 Å². The van der Waals surface area contributed by atoms with Gasteiger partial charge in [0.05, 0.1) is 0 Å². The molecule has 0 aromatic rings. The van der Waals surface area contributed by atoms with Gasteiger partial charge >= 0.3 is 91.6 Å². The Kier molecular flexibility index (Phi) is 4.29. The molecule has 0 aliphatic heterocycles. The van der Waals surface area contributed by atoms with Crippen LogP contribution in [0.2, 0.25) is 0 Å². The van der Waals surface area contributed by atoms with E-state index in [0.29, 0.717) is 0 Å². The van der Waals surface area contributed by atoms with Crippen molar-refractivity contribution < 1.29 is 20.6 Å². The van der Waals surface area contributed by atoms with E-state index in [1.54, 1.807) is 0 Å². The minimum absolute atomic E-state index is 0.892. The fourth-order valence-electron chi connectivity index (χ4n) is 2.00. The molecule has 0 bridgehead atoms. The van der Waals surface area contributed by atoms with Crippen molar-refractivity contribution in [2.45, 2.75) is 6.42 Å². The zero-order valence-electron chi connectivity index (χ0n) is 9.02. The summed E-state index contributed by atoms with van der Waals surface area (Å²) in [4.78, 5) is 0. The maximum atomic E-state index is 13.6. The van der Waals surface area contributed by atoms with Crippen LogP contribution in [0.5, 0.6) is 0 Å². The Bertz CT molecular complexity index is 252. The summed E-state index contributed by atoms with van der Waals surface area (Å²) < 4.78 is 24.8. The van der Waals surface area contributed by atoms with Crippen molar-refractivity contribution in [1.82, 2.24) is 9.78 Å². The molecular formula is C8H19FGeN3Zr. The molecule has 0 atom stereocenters. The Balaban J connectivity index is 3.13. The number of halogens is 1. The van der Waals surface area contributed by atoms with Crippen LogP contribution in [0.4, 0.5) is 3.50 Å². The Morgan fingerprint density at radius 1 is 1.29 bits per heavy atom. The van der Waals surface area contributed by atoms with Gasteiger partial charge in [-0.15, -0.1) is 0 Å². The van der Waals surface area contributed by atoms with Crippen molar-refractivity contribution in [2.75, 3.05) is 21.1 Å². The van der Waals surface area contributed by atoms with Gasteiger partial charge in [0.25, 0.3) is 0 Å². The fourth-order valence-corrected chi connectivity index (χ4v) is 20.5. The molecule has 0 aromatic heterocycles. The van der Waals surface area contributed by atoms with Crippen molar-refractivity contribution in [1.29, 1.82) is 0 Å². The Hall–Kier alpha value is 0.716. The van der Waals surface area contributed by atoms with Gasteiger partial charge in [0, 0.05) is 0 Å². The Labute approximate surface area is 91.1 Å². The van der Waals surface area contributed by atoms with E-state index in [9.17, 15) is 3.50 Å². The summed E-state index contributed by atoms with van der Waals surface area (Å²) in [6, 6.07) is 0. The zero-order chi connectivity index (χ0) is 10.7. The van der Waals surface area contributed by atoms with Gasteiger partial charge in [0.1, 0.15) is 0 Å². The molecule has 0 fully saturated rings. The predicted octanol–water partition coefficient (Wildman–Crippen LogP) is -0.109. The zero-order valence-corrected chi connectivity index (χ0v) is 14.4. The summed E-state index contributed by atoms with van der Waals surface area (Å²) in [5.74, 6) is 0. The summed E-state index contributed by atoms with van der Waals surface area (Å²) in [6.07, 6.45) is 7.07. The molecule has 0 saturated heterocycles. The molecule has 1 aliphatic rings. The standard InChI is InChI=1S/C5H5.3CH4N.FGeH2.Zr/c1-2-4-5-3-1;4*1-2;/h1-3H,4H2;3*2H,1H3;2H2;/q;3*-1;;+3. The third-order valence-electron chi connectivity index (χ3n) is 3.40. The summed E-state index contributed by atoms with van der Waals surface area (Å²) in [5.41, 5.74) is 0. The van der Waals surface area contributed by atoms with E-state index in [2.05, 4.69) is 21.9 Å². The van der Waals surface area contributed by atoms with E-state index in [-0.39, 0.29) is 0 Å². The molecule has 0 radical (unpaired) electrons. The van der Waals surface area contributed by atoms with Gasteiger partial charge in [-0.1, -0.05) is 0 Å². The first-order valence-corrected chi connectivity index (χ1v) is 21.4. The second-order valence-electron chi connectivity index (χ2n) is 3.66. The van der Waals surface area contributed by atoms with Crippen molar-refractivity contribution in [2.24, 2.45) is 0 Å². The van der Waals surface area contributed by atoms with Gasteiger partial charge in [0.15, 0.2) is 0 Å². The second kappa shape index (κ2) is 4.70. The molecule has 81 valence electrons. The Morgan fingerprint density at radius 2 is 1.86 bits per heavy atom. The van der Waals surface area contributed by atoms with Crippen LogP contribution in [-0.4, -0.2) is 33.2 Å². The van der Waals surface area contributed by atoms with Gasteiger partial charge in [-0.3, -0.25) is 0 Å². The first kappa shape index (κ1) is 12.8. The van der Waals surface area contributed by atoms with E-state index in [0.717, 1.165) is 6.42 Å². The molecule has 3 N–H and O–H groups in total. The van der Waals surface area contributed by atoms with E-state index in [1.165, 1.54) is 3.28 Å². The first-order valence-electron chi connectivity index (χ1n) is 4.84. The van der Waals surface area contributed by atoms with Crippen LogP contribution < -0.4 is 9.78 Å². The monoisotopic (exact) mass is 340 g/mol. The van der Waals surface area contributed by atoms with Gasteiger partial charge in [-0.2, -0.15) is 0 Å². The molecule has 0 aromatic carbocycles. The predicted molar refractivity (Wildman–Crippen MR) is 58.7 cm³/mol.